The number of anilines is 1. The molecule has 1 aliphatic rings. The van der Waals surface area contributed by atoms with E-state index in [9.17, 15) is 13.2 Å². The number of pyridine rings is 1. The lowest BCUT2D eigenvalue weighted by Gasteiger charge is -2.41. The van der Waals surface area contributed by atoms with Crippen LogP contribution in [0.5, 0.6) is 0 Å². The first-order valence-corrected chi connectivity index (χ1v) is 6.93. The van der Waals surface area contributed by atoms with E-state index in [0.29, 0.717) is 12.4 Å². The summed E-state index contributed by atoms with van der Waals surface area (Å²) in [6.45, 7) is 2.45. The van der Waals surface area contributed by atoms with Crippen LogP contribution in [0.2, 0.25) is 5.02 Å². The van der Waals surface area contributed by atoms with Crippen LogP contribution in [0.1, 0.15) is 31.7 Å². The van der Waals surface area contributed by atoms with Crippen molar-refractivity contribution in [3.8, 4) is 0 Å². The number of halogens is 4. The maximum absolute atomic E-state index is 12.6. The molecule has 0 aromatic carbocycles. The Bertz CT molecular complexity index is 478. The molecule has 0 amide bonds. The Labute approximate surface area is 120 Å². The summed E-state index contributed by atoms with van der Waals surface area (Å²) < 4.78 is 37.9. The highest BCUT2D eigenvalue weighted by molar-refractivity contribution is 6.33. The molecule has 2 N–H and O–H groups in total. The van der Waals surface area contributed by atoms with Gasteiger partial charge in [-0.05, 0) is 32.3 Å². The molecule has 112 valence electrons. The van der Waals surface area contributed by atoms with E-state index in [4.69, 9.17) is 17.3 Å². The number of aromatic nitrogens is 1. The van der Waals surface area contributed by atoms with Crippen LogP contribution < -0.4 is 10.6 Å². The fraction of sp³-hybridized carbons (Fsp3) is 0.615. The molecule has 0 spiro atoms. The lowest BCUT2D eigenvalue weighted by molar-refractivity contribution is -0.137. The van der Waals surface area contributed by atoms with Crippen LogP contribution in [-0.2, 0) is 6.18 Å². The van der Waals surface area contributed by atoms with Gasteiger partial charge in [0.25, 0.3) is 0 Å². The van der Waals surface area contributed by atoms with Crippen molar-refractivity contribution in [1.82, 2.24) is 4.98 Å². The molecule has 0 radical (unpaired) electrons. The number of hydrogen-bond acceptors (Lipinski definition) is 3. The second-order valence-corrected chi connectivity index (χ2v) is 5.51. The maximum atomic E-state index is 12.6. The van der Waals surface area contributed by atoms with Crippen LogP contribution >= 0.6 is 11.6 Å². The monoisotopic (exact) mass is 307 g/mol. The molecule has 1 aromatic heterocycles. The zero-order valence-corrected chi connectivity index (χ0v) is 11.9. The Balaban J connectivity index is 2.36. The second kappa shape index (κ2) is 5.77. The number of hydrogen-bond donors (Lipinski definition) is 1. The van der Waals surface area contributed by atoms with Crippen LogP contribution in [0.25, 0.3) is 0 Å². The van der Waals surface area contributed by atoms with Crippen molar-refractivity contribution in [3.05, 3.63) is 22.8 Å². The molecule has 0 aliphatic carbocycles. The van der Waals surface area contributed by atoms with E-state index in [2.05, 4.69) is 4.98 Å². The van der Waals surface area contributed by atoms with Crippen molar-refractivity contribution in [2.75, 3.05) is 11.4 Å². The first-order valence-electron chi connectivity index (χ1n) is 6.55. The molecule has 2 heterocycles. The van der Waals surface area contributed by atoms with Crippen molar-refractivity contribution in [2.24, 2.45) is 5.73 Å². The minimum Gasteiger partial charge on any atom is -0.348 e. The summed E-state index contributed by atoms with van der Waals surface area (Å²) in [6, 6.07) is 1.17. The van der Waals surface area contributed by atoms with Crippen LogP contribution in [0, 0.1) is 0 Å². The first-order chi connectivity index (χ1) is 9.34. The van der Waals surface area contributed by atoms with Gasteiger partial charge in [0.05, 0.1) is 10.6 Å². The smallest absolute Gasteiger partial charge is 0.348 e. The quantitative estimate of drug-likeness (QED) is 0.910. The summed E-state index contributed by atoms with van der Waals surface area (Å²) >= 11 is 6.01. The number of nitrogens with two attached hydrogens (primary N) is 1. The third-order valence-corrected chi connectivity index (χ3v) is 3.97. The molecule has 20 heavy (non-hydrogen) atoms. The largest absolute Gasteiger partial charge is 0.417 e. The molecule has 1 fully saturated rings. The van der Waals surface area contributed by atoms with Crippen LogP contribution in [0.15, 0.2) is 12.3 Å². The maximum Gasteiger partial charge on any atom is 0.417 e. The molecule has 1 aromatic rings. The molecule has 3 nitrogen and oxygen atoms in total. The van der Waals surface area contributed by atoms with E-state index >= 15 is 0 Å². The highest BCUT2D eigenvalue weighted by Crippen LogP contribution is 2.36. The third kappa shape index (κ3) is 3.01. The van der Waals surface area contributed by atoms with Gasteiger partial charge in [-0.15, -0.1) is 0 Å². The van der Waals surface area contributed by atoms with Gasteiger partial charge in [-0.3, -0.25) is 0 Å². The molecular weight excluding hydrogens is 291 g/mol. The van der Waals surface area contributed by atoms with Gasteiger partial charge in [0.2, 0.25) is 0 Å². The van der Waals surface area contributed by atoms with E-state index in [-0.39, 0.29) is 17.1 Å². The average molecular weight is 308 g/mol. The Morgan fingerprint density at radius 3 is 2.70 bits per heavy atom. The van der Waals surface area contributed by atoms with E-state index in [1.807, 2.05) is 11.8 Å². The summed E-state index contributed by atoms with van der Waals surface area (Å²) in [6.07, 6.45) is -0.695. The highest BCUT2D eigenvalue weighted by Gasteiger charge is 2.34. The Morgan fingerprint density at radius 2 is 2.15 bits per heavy atom. The van der Waals surface area contributed by atoms with Gasteiger partial charge in [0.1, 0.15) is 5.82 Å². The summed E-state index contributed by atoms with van der Waals surface area (Å²) in [5, 5.41) is 0.0204. The zero-order chi connectivity index (χ0) is 14.9. The minimum atomic E-state index is -4.43. The molecule has 0 saturated carbocycles. The summed E-state index contributed by atoms with van der Waals surface area (Å²) in [5.41, 5.74) is 4.92. The number of rotatable bonds is 2. The standard InChI is InChI=1S/C13H17ClF3N3/c1-8-3-2-4-10(6-18)20(8)12-11(14)5-9(7-19-12)13(15,16)17/h5,7-8,10H,2-4,6,18H2,1H3. The molecule has 2 atom stereocenters. The molecule has 2 rings (SSSR count). The van der Waals surface area contributed by atoms with Crippen molar-refractivity contribution < 1.29 is 13.2 Å². The van der Waals surface area contributed by atoms with Gasteiger partial charge in [-0.2, -0.15) is 13.2 Å². The van der Waals surface area contributed by atoms with Gasteiger partial charge in [-0.1, -0.05) is 11.6 Å². The minimum absolute atomic E-state index is 0.0204. The fourth-order valence-electron chi connectivity index (χ4n) is 2.68. The number of alkyl halides is 3. The van der Waals surface area contributed by atoms with Crippen LogP contribution in [-0.4, -0.2) is 23.6 Å². The predicted octanol–water partition coefficient (Wildman–Crippen LogP) is 3.46. The van der Waals surface area contributed by atoms with Gasteiger partial charge < -0.3 is 10.6 Å². The van der Waals surface area contributed by atoms with Crippen molar-refractivity contribution in [1.29, 1.82) is 0 Å². The molecule has 1 aliphatic heterocycles. The second-order valence-electron chi connectivity index (χ2n) is 5.10. The van der Waals surface area contributed by atoms with Crippen molar-refractivity contribution in [3.63, 3.8) is 0 Å². The van der Waals surface area contributed by atoms with E-state index in [1.165, 1.54) is 0 Å². The van der Waals surface area contributed by atoms with Gasteiger partial charge >= 0.3 is 6.18 Å². The molecule has 1 saturated heterocycles. The Morgan fingerprint density at radius 1 is 1.45 bits per heavy atom. The number of nitrogens with zero attached hydrogens (tertiary/aromatic N) is 2. The lowest BCUT2D eigenvalue weighted by Crippen LogP contribution is -2.49. The lowest BCUT2D eigenvalue weighted by atomic mass is 9.96. The van der Waals surface area contributed by atoms with E-state index in [0.717, 1.165) is 31.5 Å². The predicted molar refractivity (Wildman–Crippen MR) is 72.9 cm³/mol. The van der Waals surface area contributed by atoms with E-state index < -0.39 is 11.7 Å². The Hall–Kier alpha value is -1.01. The fourth-order valence-corrected chi connectivity index (χ4v) is 2.94. The van der Waals surface area contributed by atoms with Crippen LogP contribution in [0.4, 0.5) is 19.0 Å². The topological polar surface area (TPSA) is 42.1 Å². The van der Waals surface area contributed by atoms with Gasteiger partial charge in [0, 0.05) is 24.8 Å². The Kier molecular flexibility index (Phi) is 4.44. The van der Waals surface area contributed by atoms with Crippen LogP contribution in [0.3, 0.4) is 0 Å². The normalized spacial score (nSPS) is 24.0. The molecule has 0 bridgehead atoms. The molecule has 2 unspecified atom stereocenters. The van der Waals surface area contributed by atoms with Crippen molar-refractivity contribution in [2.45, 2.75) is 44.4 Å². The van der Waals surface area contributed by atoms with Crippen molar-refractivity contribution >= 4 is 17.4 Å². The molecular formula is C13H17ClF3N3. The van der Waals surface area contributed by atoms with Gasteiger partial charge in [-0.25, -0.2) is 4.98 Å². The summed E-state index contributed by atoms with van der Waals surface area (Å²) in [4.78, 5) is 5.89. The highest BCUT2D eigenvalue weighted by atomic mass is 35.5. The zero-order valence-electron chi connectivity index (χ0n) is 11.1. The number of piperidine rings is 1. The third-order valence-electron chi connectivity index (χ3n) is 3.69. The molecule has 7 heteroatoms. The summed E-state index contributed by atoms with van der Waals surface area (Å²) in [7, 11) is 0. The summed E-state index contributed by atoms with van der Waals surface area (Å²) in [5.74, 6) is 0.391. The SMILES string of the molecule is CC1CCCC(CN)N1c1ncc(C(F)(F)F)cc1Cl. The van der Waals surface area contributed by atoms with E-state index in [1.54, 1.807) is 0 Å². The van der Waals surface area contributed by atoms with Gasteiger partial charge in [0.15, 0.2) is 0 Å². The first kappa shape index (κ1) is 15.4. The average Bonchev–Trinajstić information content (AvgIpc) is 2.38.